The Morgan fingerprint density at radius 2 is 1.83 bits per heavy atom. The van der Waals surface area contributed by atoms with Crippen LogP contribution in [0.2, 0.25) is 0 Å². The van der Waals surface area contributed by atoms with Crippen LogP contribution in [-0.2, 0) is 9.53 Å². The van der Waals surface area contributed by atoms with Gasteiger partial charge in [0.2, 0.25) is 0 Å². The molecular formula is C14H25NO3. The lowest BCUT2D eigenvalue weighted by Crippen LogP contribution is -2.42. The summed E-state index contributed by atoms with van der Waals surface area (Å²) in [6.45, 7) is 7.57. The van der Waals surface area contributed by atoms with Crippen LogP contribution < -0.4 is 5.32 Å². The smallest absolute Gasteiger partial charge is 0.407 e. The van der Waals surface area contributed by atoms with E-state index in [2.05, 4.69) is 5.32 Å². The molecule has 0 saturated heterocycles. The topological polar surface area (TPSA) is 55.4 Å². The molecule has 104 valence electrons. The Bertz CT molecular complexity index is 288. The molecule has 0 aromatic rings. The summed E-state index contributed by atoms with van der Waals surface area (Å²) in [6.07, 6.45) is 4.58. The maximum Gasteiger partial charge on any atom is 0.407 e. The average molecular weight is 255 g/mol. The summed E-state index contributed by atoms with van der Waals surface area (Å²) < 4.78 is 5.24. The Morgan fingerprint density at radius 1 is 1.28 bits per heavy atom. The molecule has 0 bridgehead atoms. The summed E-state index contributed by atoms with van der Waals surface area (Å²) >= 11 is 0. The quantitative estimate of drug-likeness (QED) is 0.789. The SMILES string of the molecule is C[C@@H](NC(=O)OC(C)(C)C)C1CCC(C=O)CC1. The van der Waals surface area contributed by atoms with Gasteiger partial charge in [0, 0.05) is 12.0 Å². The van der Waals surface area contributed by atoms with Crippen molar-refractivity contribution < 1.29 is 14.3 Å². The number of alkyl carbamates (subject to hydrolysis) is 1. The minimum atomic E-state index is -0.459. The standard InChI is InChI=1S/C14H25NO3/c1-10(15-13(17)18-14(2,3)4)12-7-5-11(9-16)6-8-12/h9-12H,5-8H2,1-4H3,(H,15,17)/t10-,11?,12?/m1/s1. The molecule has 1 rings (SSSR count). The van der Waals surface area contributed by atoms with Crippen molar-refractivity contribution in [3.8, 4) is 0 Å². The van der Waals surface area contributed by atoms with Crippen molar-refractivity contribution in [1.29, 1.82) is 0 Å². The normalized spacial score (nSPS) is 26.2. The molecule has 4 heteroatoms. The Labute approximate surface area is 109 Å². The molecule has 1 saturated carbocycles. The van der Waals surface area contributed by atoms with Gasteiger partial charge in [0.1, 0.15) is 11.9 Å². The minimum Gasteiger partial charge on any atom is -0.444 e. The Kier molecular flexibility index (Phi) is 5.17. The highest BCUT2D eigenvalue weighted by molar-refractivity contribution is 5.68. The number of hydrogen-bond acceptors (Lipinski definition) is 3. The highest BCUT2D eigenvalue weighted by Crippen LogP contribution is 2.29. The Morgan fingerprint density at radius 3 is 2.28 bits per heavy atom. The van der Waals surface area contributed by atoms with Crippen LogP contribution in [0, 0.1) is 11.8 Å². The van der Waals surface area contributed by atoms with E-state index in [1.807, 2.05) is 27.7 Å². The number of aldehydes is 1. The van der Waals surface area contributed by atoms with Gasteiger partial charge >= 0.3 is 6.09 Å². The fourth-order valence-electron chi connectivity index (χ4n) is 2.39. The molecule has 0 aliphatic heterocycles. The Balaban J connectivity index is 2.35. The van der Waals surface area contributed by atoms with E-state index in [1.54, 1.807) is 0 Å². The number of carbonyl (C=O) groups excluding carboxylic acids is 2. The van der Waals surface area contributed by atoms with E-state index < -0.39 is 5.60 Å². The minimum absolute atomic E-state index is 0.104. The van der Waals surface area contributed by atoms with Crippen molar-refractivity contribution in [3.05, 3.63) is 0 Å². The van der Waals surface area contributed by atoms with Gasteiger partial charge in [-0.15, -0.1) is 0 Å². The first-order chi connectivity index (χ1) is 8.31. The molecular weight excluding hydrogens is 230 g/mol. The van der Waals surface area contributed by atoms with Crippen LogP contribution in [0.5, 0.6) is 0 Å². The molecule has 1 aliphatic carbocycles. The summed E-state index contributed by atoms with van der Waals surface area (Å²) in [5, 5.41) is 2.89. The molecule has 0 spiro atoms. The van der Waals surface area contributed by atoms with Gasteiger partial charge in [-0.25, -0.2) is 4.79 Å². The van der Waals surface area contributed by atoms with E-state index in [0.29, 0.717) is 5.92 Å². The summed E-state index contributed by atoms with van der Waals surface area (Å²) in [6, 6.07) is 0.104. The molecule has 1 amide bonds. The lowest BCUT2D eigenvalue weighted by molar-refractivity contribution is -0.112. The van der Waals surface area contributed by atoms with Crippen molar-refractivity contribution in [1.82, 2.24) is 5.32 Å². The van der Waals surface area contributed by atoms with Crippen LogP contribution in [0.1, 0.15) is 53.4 Å². The molecule has 18 heavy (non-hydrogen) atoms. The lowest BCUT2D eigenvalue weighted by atomic mass is 9.79. The van der Waals surface area contributed by atoms with Crippen LogP contribution in [-0.4, -0.2) is 24.0 Å². The van der Waals surface area contributed by atoms with Crippen molar-refractivity contribution in [2.45, 2.75) is 65.0 Å². The van der Waals surface area contributed by atoms with E-state index in [0.717, 1.165) is 32.0 Å². The number of ether oxygens (including phenoxy) is 1. The number of rotatable bonds is 3. The van der Waals surface area contributed by atoms with Crippen LogP contribution in [0.25, 0.3) is 0 Å². The van der Waals surface area contributed by atoms with Crippen molar-refractivity contribution >= 4 is 12.4 Å². The summed E-state index contributed by atoms with van der Waals surface area (Å²) in [5.74, 6) is 0.670. The highest BCUT2D eigenvalue weighted by Gasteiger charge is 2.27. The molecule has 0 aromatic carbocycles. The van der Waals surface area contributed by atoms with E-state index in [1.165, 1.54) is 0 Å². The number of hydrogen-bond donors (Lipinski definition) is 1. The van der Waals surface area contributed by atoms with E-state index >= 15 is 0 Å². The van der Waals surface area contributed by atoms with Gasteiger partial charge in [0.15, 0.2) is 0 Å². The number of amides is 1. The molecule has 1 aliphatic rings. The monoisotopic (exact) mass is 255 g/mol. The fraction of sp³-hybridized carbons (Fsp3) is 0.857. The van der Waals surface area contributed by atoms with E-state index in [4.69, 9.17) is 4.74 Å². The Hall–Kier alpha value is -1.06. The fourth-order valence-corrected chi connectivity index (χ4v) is 2.39. The third kappa shape index (κ3) is 5.07. The van der Waals surface area contributed by atoms with Crippen LogP contribution in [0.4, 0.5) is 4.79 Å². The molecule has 1 atom stereocenters. The van der Waals surface area contributed by atoms with Crippen LogP contribution in [0.3, 0.4) is 0 Å². The molecule has 0 aromatic heterocycles. The van der Waals surface area contributed by atoms with Crippen molar-refractivity contribution in [2.75, 3.05) is 0 Å². The number of nitrogens with one attached hydrogen (secondary N) is 1. The highest BCUT2D eigenvalue weighted by atomic mass is 16.6. The second kappa shape index (κ2) is 6.21. The maximum absolute atomic E-state index is 11.6. The zero-order chi connectivity index (χ0) is 13.8. The van der Waals surface area contributed by atoms with Gasteiger partial charge in [-0.2, -0.15) is 0 Å². The molecule has 0 radical (unpaired) electrons. The largest absolute Gasteiger partial charge is 0.444 e. The van der Waals surface area contributed by atoms with Crippen molar-refractivity contribution in [3.63, 3.8) is 0 Å². The maximum atomic E-state index is 11.6. The van der Waals surface area contributed by atoms with Gasteiger partial charge in [0.25, 0.3) is 0 Å². The zero-order valence-corrected chi connectivity index (χ0v) is 11.9. The van der Waals surface area contributed by atoms with Gasteiger partial charge in [-0.05, 0) is 59.3 Å². The lowest BCUT2D eigenvalue weighted by Gasteiger charge is -2.31. The van der Waals surface area contributed by atoms with Gasteiger partial charge in [-0.1, -0.05) is 0 Å². The second-order valence-electron chi connectivity index (χ2n) is 6.25. The summed E-state index contributed by atoms with van der Waals surface area (Å²) in [7, 11) is 0. The number of carbonyl (C=O) groups is 2. The first-order valence-corrected chi connectivity index (χ1v) is 6.76. The molecule has 1 N–H and O–H groups in total. The summed E-state index contributed by atoms with van der Waals surface area (Å²) in [5.41, 5.74) is -0.459. The molecule has 0 heterocycles. The van der Waals surface area contributed by atoms with Gasteiger partial charge in [-0.3, -0.25) is 0 Å². The average Bonchev–Trinajstić information content (AvgIpc) is 2.26. The van der Waals surface area contributed by atoms with Crippen molar-refractivity contribution in [2.24, 2.45) is 11.8 Å². The summed E-state index contributed by atoms with van der Waals surface area (Å²) in [4.78, 5) is 22.3. The van der Waals surface area contributed by atoms with Gasteiger partial charge < -0.3 is 14.8 Å². The third-order valence-electron chi connectivity index (χ3n) is 3.46. The predicted molar refractivity (Wildman–Crippen MR) is 70.3 cm³/mol. The molecule has 1 fully saturated rings. The predicted octanol–water partition coefficient (Wildman–Crippen LogP) is 2.90. The van der Waals surface area contributed by atoms with Crippen LogP contribution in [0.15, 0.2) is 0 Å². The first-order valence-electron chi connectivity index (χ1n) is 6.76. The zero-order valence-electron chi connectivity index (χ0n) is 11.9. The molecule has 4 nitrogen and oxygen atoms in total. The van der Waals surface area contributed by atoms with E-state index in [9.17, 15) is 9.59 Å². The van der Waals surface area contributed by atoms with Gasteiger partial charge in [0.05, 0.1) is 0 Å². The van der Waals surface area contributed by atoms with Crippen LogP contribution >= 0.6 is 0 Å². The first kappa shape index (κ1) is 15.0. The molecule has 0 unspecified atom stereocenters. The second-order valence-corrected chi connectivity index (χ2v) is 6.25. The van der Waals surface area contributed by atoms with E-state index in [-0.39, 0.29) is 18.1 Å². The third-order valence-corrected chi connectivity index (χ3v) is 3.46.